The molecule has 1 aliphatic heterocycles. The number of carbonyl (C=O) groups excluding carboxylic acids is 1. The highest BCUT2D eigenvalue weighted by atomic mass is 35.5. The summed E-state index contributed by atoms with van der Waals surface area (Å²) in [5.74, 6) is -0.488. The van der Waals surface area contributed by atoms with Crippen LogP contribution in [-0.4, -0.2) is 24.8 Å². The zero-order valence-electron chi connectivity index (χ0n) is 15.2. The van der Waals surface area contributed by atoms with Crippen LogP contribution in [0.2, 0.25) is 5.02 Å². The number of hydrogen-bond acceptors (Lipinski definition) is 4. The number of halogens is 1. The van der Waals surface area contributed by atoms with Gasteiger partial charge >= 0.3 is 13.1 Å². The molecule has 1 heterocycles. The van der Waals surface area contributed by atoms with Gasteiger partial charge in [0, 0.05) is 6.10 Å². The Bertz CT molecular complexity index is 779. The Kier molecular flexibility index (Phi) is 5.71. The summed E-state index contributed by atoms with van der Waals surface area (Å²) < 4.78 is 17.4. The van der Waals surface area contributed by atoms with Crippen LogP contribution in [0.25, 0.3) is 0 Å². The third-order valence-corrected chi connectivity index (χ3v) is 4.59. The molecule has 1 saturated heterocycles. The zero-order valence-corrected chi connectivity index (χ0v) is 16.0. The maximum atomic E-state index is 12.7. The van der Waals surface area contributed by atoms with E-state index in [0.29, 0.717) is 16.0 Å². The van der Waals surface area contributed by atoms with Gasteiger partial charge < -0.3 is 14.0 Å². The molecule has 1 fully saturated rings. The van der Waals surface area contributed by atoms with Gasteiger partial charge in [0.2, 0.25) is 0 Å². The van der Waals surface area contributed by atoms with E-state index in [2.05, 4.69) is 0 Å². The first-order valence-electron chi connectivity index (χ1n) is 8.68. The molecule has 0 spiro atoms. The summed E-state index contributed by atoms with van der Waals surface area (Å²) in [5, 5.41) is 0.323. The topological polar surface area (TPSA) is 44.8 Å². The maximum absolute atomic E-state index is 12.7. The van der Waals surface area contributed by atoms with Gasteiger partial charge in [0.25, 0.3) is 0 Å². The summed E-state index contributed by atoms with van der Waals surface area (Å²) in [6.45, 7) is 6.20. The third-order valence-electron chi connectivity index (χ3n) is 4.28. The largest absolute Gasteiger partial charge is 0.495 e. The molecule has 6 heteroatoms. The average molecular weight is 373 g/mol. The SMILES string of the molecule is CC1CC(C)(C)OB(c2cccc(Cl)c2C(=O)OCc2ccccc2)O1. The summed E-state index contributed by atoms with van der Waals surface area (Å²) in [5.41, 5.74) is 1.44. The predicted octanol–water partition coefficient (Wildman–Crippen LogP) is 4.00. The highest BCUT2D eigenvalue weighted by Gasteiger charge is 2.40. The van der Waals surface area contributed by atoms with E-state index < -0.39 is 13.1 Å². The smallest absolute Gasteiger partial charge is 0.457 e. The minimum absolute atomic E-state index is 0.0101. The fraction of sp³-hybridized carbons (Fsp3) is 0.350. The Morgan fingerprint density at radius 3 is 2.65 bits per heavy atom. The molecule has 2 aromatic carbocycles. The summed E-state index contributed by atoms with van der Waals surface area (Å²) >= 11 is 6.32. The van der Waals surface area contributed by atoms with E-state index in [1.54, 1.807) is 18.2 Å². The Morgan fingerprint density at radius 2 is 1.96 bits per heavy atom. The van der Waals surface area contributed by atoms with Crippen LogP contribution in [0.1, 0.15) is 43.1 Å². The minimum Gasteiger partial charge on any atom is -0.457 e. The molecule has 1 atom stereocenters. The van der Waals surface area contributed by atoms with Gasteiger partial charge in [-0.15, -0.1) is 0 Å². The Morgan fingerprint density at radius 1 is 1.23 bits per heavy atom. The zero-order chi connectivity index (χ0) is 18.7. The van der Waals surface area contributed by atoms with Crippen LogP contribution in [0.15, 0.2) is 48.5 Å². The van der Waals surface area contributed by atoms with E-state index >= 15 is 0 Å². The van der Waals surface area contributed by atoms with Gasteiger partial charge in [0.15, 0.2) is 0 Å². The van der Waals surface area contributed by atoms with Gasteiger partial charge in [-0.2, -0.15) is 0 Å². The lowest BCUT2D eigenvalue weighted by atomic mass is 9.72. The molecule has 4 nitrogen and oxygen atoms in total. The minimum atomic E-state index is -0.660. The second-order valence-corrected chi connectivity index (χ2v) is 7.53. The number of carbonyl (C=O) groups is 1. The summed E-state index contributed by atoms with van der Waals surface area (Å²) in [6, 6.07) is 14.8. The highest BCUT2D eigenvalue weighted by molar-refractivity contribution is 6.63. The molecular weight excluding hydrogens is 350 g/mol. The fourth-order valence-corrected chi connectivity index (χ4v) is 3.46. The second-order valence-electron chi connectivity index (χ2n) is 7.13. The Hall–Kier alpha value is -1.82. The fourth-order valence-electron chi connectivity index (χ4n) is 3.20. The van der Waals surface area contributed by atoms with E-state index in [9.17, 15) is 4.79 Å². The lowest BCUT2D eigenvalue weighted by Crippen LogP contribution is -2.53. The van der Waals surface area contributed by atoms with Gasteiger partial charge in [-0.1, -0.05) is 54.1 Å². The summed E-state index contributed by atoms with van der Waals surface area (Å²) in [4.78, 5) is 12.7. The molecule has 0 amide bonds. The molecular formula is C20H22BClO4. The van der Waals surface area contributed by atoms with Gasteiger partial charge in [0.1, 0.15) is 6.61 Å². The van der Waals surface area contributed by atoms with Crippen LogP contribution >= 0.6 is 11.6 Å². The highest BCUT2D eigenvalue weighted by Crippen LogP contribution is 2.27. The van der Waals surface area contributed by atoms with E-state index in [0.717, 1.165) is 12.0 Å². The standard InChI is InChI=1S/C20H22BClO4/c1-14-12-20(2,3)26-21(25-14)16-10-7-11-17(22)18(16)19(23)24-13-15-8-5-4-6-9-15/h4-11,14H,12-13H2,1-3H3. The predicted molar refractivity (Wildman–Crippen MR) is 103 cm³/mol. The van der Waals surface area contributed by atoms with Gasteiger partial charge in [0.05, 0.1) is 16.2 Å². The van der Waals surface area contributed by atoms with Crippen molar-refractivity contribution in [1.29, 1.82) is 0 Å². The molecule has 0 bridgehead atoms. The average Bonchev–Trinajstić information content (AvgIpc) is 2.58. The van der Waals surface area contributed by atoms with Crippen molar-refractivity contribution < 1.29 is 18.8 Å². The Labute approximate surface area is 159 Å². The first-order chi connectivity index (χ1) is 12.4. The van der Waals surface area contributed by atoms with Gasteiger partial charge in [-0.3, -0.25) is 0 Å². The lowest BCUT2D eigenvalue weighted by molar-refractivity contribution is -0.0231. The normalized spacial score (nSPS) is 19.2. The van der Waals surface area contributed by atoms with Crippen molar-refractivity contribution in [2.24, 2.45) is 0 Å². The number of hydrogen-bond donors (Lipinski definition) is 0. The van der Waals surface area contributed by atoms with Crippen molar-refractivity contribution in [1.82, 2.24) is 0 Å². The van der Waals surface area contributed by atoms with Crippen molar-refractivity contribution in [2.75, 3.05) is 0 Å². The number of benzene rings is 2. The van der Waals surface area contributed by atoms with Crippen molar-refractivity contribution in [2.45, 2.75) is 45.5 Å². The molecule has 0 aliphatic carbocycles. The number of esters is 1. The maximum Gasteiger partial charge on any atom is 0.495 e. The van der Waals surface area contributed by atoms with Gasteiger partial charge in [-0.25, -0.2) is 4.79 Å². The molecule has 0 radical (unpaired) electrons. The molecule has 136 valence electrons. The van der Waals surface area contributed by atoms with Gasteiger partial charge in [-0.05, 0) is 44.3 Å². The van der Waals surface area contributed by atoms with Crippen LogP contribution in [0, 0.1) is 0 Å². The molecule has 3 rings (SSSR count). The molecule has 0 N–H and O–H groups in total. The van der Waals surface area contributed by atoms with Crippen molar-refractivity contribution in [3.63, 3.8) is 0 Å². The van der Waals surface area contributed by atoms with E-state index in [-0.39, 0.29) is 18.3 Å². The van der Waals surface area contributed by atoms with E-state index in [4.69, 9.17) is 25.6 Å². The van der Waals surface area contributed by atoms with E-state index in [1.807, 2.05) is 51.1 Å². The molecule has 0 saturated carbocycles. The quantitative estimate of drug-likeness (QED) is 0.601. The lowest BCUT2D eigenvalue weighted by Gasteiger charge is -2.38. The van der Waals surface area contributed by atoms with Crippen LogP contribution in [0.5, 0.6) is 0 Å². The van der Waals surface area contributed by atoms with E-state index in [1.165, 1.54) is 0 Å². The third kappa shape index (κ3) is 4.47. The monoisotopic (exact) mass is 372 g/mol. The molecule has 2 aromatic rings. The molecule has 26 heavy (non-hydrogen) atoms. The summed E-state index contributed by atoms with van der Waals surface area (Å²) in [7, 11) is -0.660. The molecule has 1 aliphatic rings. The van der Waals surface area contributed by atoms with Crippen LogP contribution in [-0.2, 0) is 20.7 Å². The van der Waals surface area contributed by atoms with Crippen molar-refractivity contribution in [3.8, 4) is 0 Å². The molecule has 1 unspecified atom stereocenters. The number of rotatable bonds is 4. The van der Waals surface area contributed by atoms with Crippen LogP contribution < -0.4 is 5.46 Å². The van der Waals surface area contributed by atoms with Crippen LogP contribution in [0.4, 0.5) is 0 Å². The molecule has 0 aromatic heterocycles. The summed E-state index contributed by atoms with van der Waals surface area (Å²) in [6.07, 6.45) is 0.786. The second kappa shape index (κ2) is 7.83. The van der Waals surface area contributed by atoms with Crippen molar-refractivity contribution in [3.05, 3.63) is 64.7 Å². The number of ether oxygens (including phenoxy) is 1. The Balaban J connectivity index is 1.84. The first kappa shape index (κ1) is 19.0. The van der Waals surface area contributed by atoms with Crippen molar-refractivity contribution >= 4 is 30.2 Å². The van der Waals surface area contributed by atoms with Crippen LogP contribution in [0.3, 0.4) is 0 Å². The first-order valence-corrected chi connectivity index (χ1v) is 9.06.